The number of hydrogen-bond donors (Lipinski definition) is 0. The molecule has 0 spiro atoms. The number of rotatable bonds is 7. The number of thioether (sulfide) groups is 1. The van der Waals surface area contributed by atoms with Gasteiger partial charge in [0.05, 0.1) is 17.6 Å². The quantitative estimate of drug-likeness (QED) is 0.316. The molecule has 1 aliphatic heterocycles. The van der Waals surface area contributed by atoms with Crippen LogP contribution in [0.3, 0.4) is 0 Å². The summed E-state index contributed by atoms with van der Waals surface area (Å²) in [5.41, 5.74) is 0.656. The largest absolute Gasteiger partial charge is 0.445 e. The van der Waals surface area contributed by atoms with Gasteiger partial charge in [0.2, 0.25) is 0 Å². The number of ether oxygens (including phenoxy) is 1. The molecule has 0 saturated carbocycles. The van der Waals surface area contributed by atoms with Crippen LogP contribution in [0.2, 0.25) is 18.1 Å². The van der Waals surface area contributed by atoms with E-state index >= 15 is 0 Å². The highest BCUT2D eigenvalue weighted by atomic mass is 32.2. The molecule has 1 amide bonds. The lowest BCUT2D eigenvalue weighted by atomic mass is 10.2. The van der Waals surface area contributed by atoms with Crippen LogP contribution in [-0.2, 0) is 20.6 Å². The maximum atomic E-state index is 12.8. The van der Waals surface area contributed by atoms with Crippen LogP contribution < -0.4 is 0 Å². The Morgan fingerprint density at radius 2 is 1.87 bits per heavy atom. The molecule has 1 aliphatic rings. The van der Waals surface area contributed by atoms with Gasteiger partial charge in [-0.2, -0.15) is 0 Å². The zero-order chi connectivity index (χ0) is 23.4. The van der Waals surface area contributed by atoms with Gasteiger partial charge in [0, 0.05) is 30.9 Å². The summed E-state index contributed by atoms with van der Waals surface area (Å²) >= 11 is 1.25. The number of carbonyl (C=O) groups is 2. The van der Waals surface area contributed by atoms with Crippen molar-refractivity contribution < 1.29 is 23.7 Å². The van der Waals surface area contributed by atoms with Gasteiger partial charge in [0.15, 0.2) is 13.4 Å². The maximum absolute atomic E-state index is 12.8. The summed E-state index contributed by atoms with van der Waals surface area (Å²) in [6, 6.07) is 5.75. The number of non-ortho nitro benzene ring substituents is 1. The van der Waals surface area contributed by atoms with Gasteiger partial charge in [-0.1, -0.05) is 32.5 Å². The van der Waals surface area contributed by atoms with Crippen molar-refractivity contribution in [3.8, 4) is 0 Å². The Morgan fingerprint density at radius 3 is 2.39 bits per heavy atom. The average molecular weight is 469 g/mol. The number of nitro benzene ring substituents is 1. The molecule has 0 aromatic heterocycles. The van der Waals surface area contributed by atoms with Crippen LogP contribution in [-0.4, -0.2) is 53.8 Å². The Kier molecular flexibility index (Phi) is 8.29. The van der Waals surface area contributed by atoms with Gasteiger partial charge in [0.1, 0.15) is 6.61 Å². The Balaban J connectivity index is 2.03. The SMILES string of the molecule is CC(=O)SC1CC(CO[Si](C)(C)C(C)(C)C)N(C(=O)OCc2ccc([N+](=O)[O-])cc2)C1. The summed E-state index contributed by atoms with van der Waals surface area (Å²) in [4.78, 5) is 36.3. The minimum absolute atomic E-state index is 0.0115. The highest BCUT2D eigenvalue weighted by Gasteiger charge is 2.41. The van der Waals surface area contributed by atoms with E-state index in [4.69, 9.17) is 9.16 Å². The topological polar surface area (TPSA) is 99.0 Å². The first-order chi connectivity index (χ1) is 14.3. The normalized spacial score (nSPS) is 19.4. The van der Waals surface area contributed by atoms with E-state index < -0.39 is 19.3 Å². The molecule has 1 saturated heterocycles. The second-order valence-electron chi connectivity index (χ2n) is 9.32. The molecule has 0 N–H and O–H groups in total. The third kappa shape index (κ3) is 7.05. The zero-order valence-corrected chi connectivity index (χ0v) is 20.9. The van der Waals surface area contributed by atoms with Crippen LogP contribution in [0.15, 0.2) is 24.3 Å². The number of nitrogens with zero attached hydrogens (tertiary/aromatic N) is 2. The smallest absolute Gasteiger partial charge is 0.410 e. The molecule has 1 aromatic carbocycles. The van der Waals surface area contributed by atoms with Gasteiger partial charge in [-0.15, -0.1) is 0 Å². The molecule has 1 heterocycles. The lowest BCUT2D eigenvalue weighted by Gasteiger charge is -2.37. The Hall–Kier alpha value is -1.91. The molecule has 172 valence electrons. The second kappa shape index (κ2) is 10.1. The van der Waals surface area contributed by atoms with Crippen molar-refractivity contribution >= 4 is 37.0 Å². The molecule has 2 unspecified atom stereocenters. The van der Waals surface area contributed by atoms with E-state index in [0.29, 0.717) is 25.1 Å². The number of amides is 1. The Labute approximate surface area is 188 Å². The second-order valence-corrected chi connectivity index (χ2v) is 15.6. The predicted molar refractivity (Wildman–Crippen MR) is 124 cm³/mol. The number of nitro groups is 1. The molecule has 1 fully saturated rings. The molecule has 0 aliphatic carbocycles. The predicted octanol–water partition coefficient (Wildman–Crippen LogP) is 4.98. The first-order valence-electron chi connectivity index (χ1n) is 10.3. The minimum atomic E-state index is -1.98. The molecular weight excluding hydrogens is 436 g/mol. The van der Waals surface area contributed by atoms with Crippen molar-refractivity contribution in [2.45, 2.75) is 70.1 Å². The van der Waals surface area contributed by atoms with Crippen molar-refractivity contribution in [1.29, 1.82) is 0 Å². The minimum Gasteiger partial charge on any atom is -0.445 e. The van der Waals surface area contributed by atoms with Gasteiger partial charge in [-0.05, 0) is 42.2 Å². The summed E-state index contributed by atoms with van der Waals surface area (Å²) in [6.07, 6.45) is 0.208. The van der Waals surface area contributed by atoms with Gasteiger partial charge in [-0.25, -0.2) is 4.79 Å². The van der Waals surface area contributed by atoms with E-state index in [1.165, 1.54) is 30.8 Å². The van der Waals surface area contributed by atoms with Gasteiger partial charge < -0.3 is 14.1 Å². The summed E-state index contributed by atoms with van der Waals surface area (Å²) in [6.45, 7) is 13.2. The standard InChI is InChI=1S/C21H32N2O6SSi/c1-15(24)30-19-11-18(14-29-31(5,6)21(2,3)4)22(12-19)20(25)28-13-16-7-9-17(10-8-16)23(26)27/h7-10,18-19H,11-14H2,1-6H3. The van der Waals surface area contributed by atoms with Crippen molar-refractivity contribution in [1.82, 2.24) is 4.90 Å². The fourth-order valence-electron chi connectivity index (χ4n) is 3.04. The van der Waals surface area contributed by atoms with E-state index in [-0.39, 0.29) is 33.7 Å². The summed E-state index contributed by atoms with van der Waals surface area (Å²) in [5, 5.41) is 10.9. The average Bonchev–Trinajstić information content (AvgIpc) is 3.06. The number of benzene rings is 1. The lowest BCUT2D eigenvalue weighted by Crippen LogP contribution is -2.46. The number of hydrogen-bond acceptors (Lipinski definition) is 7. The molecular formula is C21H32N2O6SSi. The maximum Gasteiger partial charge on any atom is 0.410 e. The molecule has 0 bridgehead atoms. The number of carbonyl (C=O) groups excluding carboxylic acids is 2. The third-order valence-corrected chi connectivity index (χ3v) is 11.4. The molecule has 8 nitrogen and oxygen atoms in total. The van der Waals surface area contributed by atoms with E-state index in [2.05, 4.69) is 33.9 Å². The molecule has 2 atom stereocenters. The molecule has 2 rings (SSSR count). The van der Waals surface area contributed by atoms with Crippen LogP contribution in [0.25, 0.3) is 0 Å². The highest BCUT2D eigenvalue weighted by Crippen LogP contribution is 2.37. The lowest BCUT2D eigenvalue weighted by molar-refractivity contribution is -0.384. The fourth-order valence-corrected chi connectivity index (χ4v) is 5.10. The van der Waals surface area contributed by atoms with Crippen LogP contribution in [0.1, 0.15) is 39.7 Å². The Bertz CT molecular complexity index is 809. The Morgan fingerprint density at radius 1 is 1.26 bits per heavy atom. The van der Waals surface area contributed by atoms with E-state index in [0.717, 1.165) is 0 Å². The van der Waals surface area contributed by atoms with Crippen molar-refractivity contribution in [3.63, 3.8) is 0 Å². The molecule has 0 radical (unpaired) electrons. The highest BCUT2D eigenvalue weighted by molar-refractivity contribution is 8.14. The van der Waals surface area contributed by atoms with Gasteiger partial charge >= 0.3 is 6.09 Å². The van der Waals surface area contributed by atoms with Gasteiger partial charge in [-0.3, -0.25) is 14.9 Å². The van der Waals surface area contributed by atoms with E-state index in [1.54, 1.807) is 17.0 Å². The molecule has 10 heteroatoms. The van der Waals surface area contributed by atoms with Crippen LogP contribution in [0.5, 0.6) is 0 Å². The monoisotopic (exact) mass is 468 g/mol. The first kappa shape index (κ1) is 25.3. The van der Waals surface area contributed by atoms with Crippen LogP contribution >= 0.6 is 11.8 Å². The van der Waals surface area contributed by atoms with Crippen LogP contribution in [0, 0.1) is 10.1 Å². The zero-order valence-electron chi connectivity index (χ0n) is 19.0. The van der Waals surface area contributed by atoms with E-state index in [9.17, 15) is 19.7 Å². The van der Waals surface area contributed by atoms with E-state index in [1.807, 2.05) is 0 Å². The van der Waals surface area contributed by atoms with Crippen LogP contribution in [0.4, 0.5) is 10.5 Å². The summed E-state index contributed by atoms with van der Waals surface area (Å²) in [7, 11) is -1.98. The first-order valence-corrected chi connectivity index (χ1v) is 14.1. The third-order valence-electron chi connectivity index (χ3n) is 5.90. The van der Waals surface area contributed by atoms with Crippen molar-refractivity contribution in [2.75, 3.05) is 13.2 Å². The van der Waals surface area contributed by atoms with Crippen molar-refractivity contribution in [3.05, 3.63) is 39.9 Å². The summed E-state index contributed by atoms with van der Waals surface area (Å²) < 4.78 is 11.8. The summed E-state index contributed by atoms with van der Waals surface area (Å²) in [5.74, 6) is 0. The van der Waals surface area contributed by atoms with Gasteiger partial charge in [0.25, 0.3) is 5.69 Å². The molecule has 1 aromatic rings. The fraction of sp³-hybridized carbons (Fsp3) is 0.619. The molecule has 31 heavy (non-hydrogen) atoms. The number of likely N-dealkylation sites (tertiary alicyclic amines) is 1. The van der Waals surface area contributed by atoms with Crippen molar-refractivity contribution in [2.24, 2.45) is 0 Å².